The monoisotopic (exact) mass is 329 g/mol. The van der Waals surface area contributed by atoms with Crippen LogP contribution in [-0.4, -0.2) is 70.6 Å². The molecule has 2 aliphatic rings. The highest BCUT2D eigenvalue weighted by Crippen LogP contribution is 2.23. The van der Waals surface area contributed by atoms with E-state index >= 15 is 0 Å². The van der Waals surface area contributed by atoms with Crippen molar-refractivity contribution in [3.05, 3.63) is 41.1 Å². The van der Waals surface area contributed by atoms with E-state index in [-0.39, 0.29) is 5.91 Å². The van der Waals surface area contributed by atoms with Crippen LogP contribution in [0.4, 0.5) is 0 Å². The van der Waals surface area contributed by atoms with Gasteiger partial charge in [-0.05, 0) is 13.1 Å². The van der Waals surface area contributed by atoms with Crippen LogP contribution in [0.1, 0.15) is 27.3 Å². The molecule has 0 aliphatic carbocycles. The summed E-state index contributed by atoms with van der Waals surface area (Å²) in [6, 6.07) is 1.99. The van der Waals surface area contributed by atoms with Crippen LogP contribution in [0.5, 0.6) is 0 Å². The molecule has 7 heteroatoms. The first kappa shape index (κ1) is 15.4. The number of carbonyl (C=O) groups is 1. The van der Waals surface area contributed by atoms with Gasteiger partial charge in [-0.2, -0.15) is 5.10 Å². The lowest BCUT2D eigenvalue weighted by atomic mass is 10.0. The Labute approximate surface area is 141 Å². The maximum atomic E-state index is 12.9. The number of carbonyl (C=O) groups excluding carboxylic acids is 1. The fraction of sp³-hybridized carbons (Fsp3) is 0.529. The summed E-state index contributed by atoms with van der Waals surface area (Å²) in [5, 5.41) is 7.43. The smallest absolute Gasteiger partial charge is 0.274 e. The van der Waals surface area contributed by atoms with Crippen LogP contribution in [0.2, 0.25) is 0 Å². The molecule has 1 N–H and O–H groups in total. The SMILES string of the molecule is CN1CCN(C(=O)c2n[nH]c3c2CN(Cc2ccoc2)CC3)CC1. The van der Waals surface area contributed by atoms with Crippen molar-refractivity contribution in [2.75, 3.05) is 39.8 Å². The molecule has 1 saturated heterocycles. The molecule has 1 amide bonds. The number of nitrogens with one attached hydrogen (secondary N) is 1. The van der Waals surface area contributed by atoms with Crippen molar-refractivity contribution in [3.8, 4) is 0 Å². The van der Waals surface area contributed by atoms with Crippen molar-refractivity contribution in [1.82, 2.24) is 24.9 Å². The van der Waals surface area contributed by atoms with Gasteiger partial charge < -0.3 is 14.2 Å². The van der Waals surface area contributed by atoms with E-state index in [4.69, 9.17) is 4.42 Å². The Balaban J connectivity index is 1.49. The number of piperazine rings is 1. The van der Waals surface area contributed by atoms with Crippen molar-refractivity contribution in [2.45, 2.75) is 19.5 Å². The van der Waals surface area contributed by atoms with E-state index in [1.54, 1.807) is 12.5 Å². The number of amides is 1. The standard InChI is InChI=1S/C17H23N5O2/c1-20-5-7-22(8-6-20)17(23)16-14-11-21(4-2-15(14)18-19-16)10-13-3-9-24-12-13/h3,9,12H,2,4-8,10-11H2,1H3,(H,18,19). The van der Waals surface area contributed by atoms with Gasteiger partial charge in [-0.3, -0.25) is 14.8 Å². The minimum atomic E-state index is 0.0609. The molecule has 24 heavy (non-hydrogen) atoms. The third-order valence-electron chi connectivity index (χ3n) is 4.99. The van der Waals surface area contributed by atoms with Gasteiger partial charge in [0, 0.05) is 69.1 Å². The summed E-state index contributed by atoms with van der Waals surface area (Å²) in [5.74, 6) is 0.0609. The number of rotatable bonds is 3. The highest BCUT2D eigenvalue weighted by Gasteiger charge is 2.29. The molecule has 1 fully saturated rings. The van der Waals surface area contributed by atoms with Crippen LogP contribution in [0.3, 0.4) is 0 Å². The molecule has 2 aromatic rings. The first-order chi connectivity index (χ1) is 11.7. The number of hydrogen-bond donors (Lipinski definition) is 1. The molecule has 0 radical (unpaired) electrons. The molecule has 2 aliphatic heterocycles. The Morgan fingerprint density at radius 2 is 2.12 bits per heavy atom. The van der Waals surface area contributed by atoms with Crippen LogP contribution in [0, 0.1) is 0 Å². The minimum Gasteiger partial charge on any atom is -0.472 e. The van der Waals surface area contributed by atoms with E-state index in [9.17, 15) is 4.79 Å². The molecule has 0 saturated carbocycles. The van der Waals surface area contributed by atoms with Crippen LogP contribution < -0.4 is 0 Å². The zero-order chi connectivity index (χ0) is 16.5. The normalized spacial score (nSPS) is 19.5. The zero-order valence-corrected chi connectivity index (χ0v) is 14.0. The molecule has 0 aromatic carbocycles. The fourth-order valence-electron chi connectivity index (χ4n) is 3.46. The third kappa shape index (κ3) is 2.97. The summed E-state index contributed by atoms with van der Waals surface area (Å²) >= 11 is 0. The van der Waals surface area contributed by atoms with Gasteiger partial charge in [-0.15, -0.1) is 0 Å². The summed E-state index contributed by atoms with van der Waals surface area (Å²) in [4.78, 5) is 19.4. The van der Waals surface area contributed by atoms with Gasteiger partial charge in [0.05, 0.1) is 12.5 Å². The van der Waals surface area contributed by atoms with E-state index in [0.29, 0.717) is 5.69 Å². The van der Waals surface area contributed by atoms with Gasteiger partial charge in [0.1, 0.15) is 0 Å². The average molecular weight is 329 g/mol. The molecule has 4 heterocycles. The Morgan fingerprint density at radius 3 is 2.88 bits per heavy atom. The summed E-state index contributed by atoms with van der Waals surface area (Å²) in [5.41, 5.74) is 3.94. The van der Waals surface area contributed by atoms with E-state index in [1.165, 1.54) is 0 Å². The number of fused-ring (bicyclic) bond motifs is 1. The van der Waals surface area contributed by atoms with Gasteiger partial charge >= 0.3 is 0 Å². The molecule has 4 rings (SSSR count). The molecule has 0 unspecified atom stereocenters. The van der Waals surface area contributed by atoms with Crippen molar-refractivity contribution in [2.24, 2.45) is 0 Å². The molecule has 0 atom stereocenters. The predicted molar refractivity (Wildman–Crippen MR) is 88.5 cm³/mol. The quantitative estimate of drug-likeness (QED) is 0.908. The van der Waals surface area contributed by atoms with Crippen LogP contribution >= 0.6 is 0 Å². The second-order valence-electron chi connectivity index (χ2n) is 6.72. The van der Waals surface area contributed by atoms with E-state index in [0.717, 1.165) is 69.1 Å². The van der Waals surface area contributed by atoms with Crippen LogP contribution in [0.25, 0.3) is 0 Å². The molecule has 0 bridgehead atoms. The molecular weight excluding hydrogens is 306 g/mol. The number of likely N-dealkylation sites (N-methyl/N-ethyl adjacent to an activating group) is 1. The number of H-pyrrole nitrogens is 1. The van der Waals surface area contributed by atoms with Crippen LogP contribution in [0.15, 0.2) is 23.0 Å². The molecule has 0 spiro atoms. The highest BCUT2D eigenvalue weighted by atomic mass is 16.3. The van der Waals surface area contributed by atoms with Gasteiger partial charge in [0.2, 0.25) is 0 Å². The Hall–Kier alpha value is -2.12. The topological polar surface area (TPSA) is 68.6 Å². The summed E-state index contributed by atoms with van der Waals surface area (Å²) in [6.45, 7) is 5.94. The number of aromatic nitrogens is 2. The van der Waals surface area contributed by atoms with Gasteiger partial charge in [0.25, 0.3) is 5.91 Å². The van der Waals surface area contributed by atoms with Gasteiger partial charge in [-0.1, -0.05) is 0 Å². The van der Waals surface area contributed by atoms with E-state index < -0.39 is 0 Å². The van der Waals surface area contributed by atoms with Crippen molar-refractivity contribution in [3.63, 3.8) is 0 Å². The second kappa shape index (κ2) is 6.41. The maximum Gasteiger partial charge on any atom is 0.274 e. The third-order valence-corrected chi connectivity index (χ3v) is 4.99. The molecule has 7 nitrogen and oxygen atoms in total. The largest absolute Gasteiger partial charge is 0.472 e. The highest BCUT2D eigenvalue weighted by molar-refractivity contribution is 5.94. The van der Waals surface area contributed by atoms with E-state index in [2.05, 4.69) is 27.0 Å². The number of nitrogens with zero attached hydrogens (tertiary/aromatic N) is 4. The Kier molecular flexibility index (Phi) is 4.12. The lowest BCUT2D eigenvalue weighted by molar-refractivity contribution is 0.0655. The number of aromatic amines is 1. The zero-order valence-electron chi connectivity index (χ0n) is 14.0. The van der Waals surface area contributed by atoms with E-state index in [1.807, 2.05) is 11.0 Å². The number of furan rings is 1. The first-order valence-corrected chi connectivity index (χ1v) is 8.48. The fourth-order valence-corrected chi connectivity index (χ4v) is 3.46. The Morgan fingerprint density at radius 1 is 1.29 bits per heavy atom. The Bertz CT molecular complexity index is 701. The maximum absolute atomic E-state index is 12.9. The van der Waals surface area contributed by atoms with Gasteiger partial charge in [-0.25, -0.2) is 0 Å². The van der Waals surface area contributed by atoms with Crippen molar-refractivity contribution in [1.29, 1.82) is 0 Å². The molecule has 128 valence electrons. The first-order valence-electron chi connectivity index (χ1n) is 8.48. The number of hydrogen-bond acceptors (Lipinski definition) is 5. The summed E-state index contributed by atoms with van der Waals surface area (Å²) in [6.07, 6.45) is 4.38. The average Bonchev–Trinajstić information content (AvgIpc) is 3.24. The second-order valence-corrected chi connectivity index (χ2v) is 6.72. The lowest BCUT2D eigenvalue weighted by Gasteiger charge is -2.32. The van der Waals surface area contributed by atoms with Gasteiger partial charge in [0.15, 0.2) is 5.69 Å². The van der Waals surface area contributed by atoms with Crippen molar-refractivity contribution < 1.29 is 9.21 Å². The molecular formula is C17H23N5O2. The predicted octanol–water partition coefficient (Wildman–Crippen LogP) is 0.949. The molecule has 2 aromatic heterocycles. The lowest BCUT2D eigenvalue weighted by Crippen LogP contribution is -2.47. The van der Waals surface area contributed by atoms with Crippen LogP contribution in [-0.2, 0) is 19.5 Å². The minimum absolute atomic E-state index is 0.0609. The summed E-state index contributed by atoms with van der Waals surface area (Å²) < 4.78 is 5.15. The summed E-state index contributed by atoms with van der Waals surface area (Å²) in [7, 11) is 2.09. The van der Waals surface area contributed by atoms with Crippen molar-refractivity contribution >= 4 is 5.91 Å².